The molecule has 2 rings (SSSR count). The summed E-state index contributed by atoms with van der Waals surface area (Å²) in [7, 11) is 0. The predicted octanol–water partition coefficient (Wildman–Crippen LogP) is 2.73. The first-order chi connectivity index (χ1) is 11.4. The largest absolute Gasteiger partial charge is 0.373 e. The molecule has 6 nitrogen and oxygen atoms in total. The summed E-state index contributed by atoms with van der Waals surface area (Å²) >= 11 is 1.18. The zero-order valence-corrected chi connectivity index (χ0v) is 14.8. The van der Waals surface area contributed by atoms with E-state index in [1.807, 2.05) is 45.0 Å². The minimum absolute atomic E-state index is 0.0577. The molecule has 0 fully saturated rings. The maximum atomic E-state index is 12.0. The molecule has 0 bridgehead atoms. The van der Waals surface area contributed by atoms with Gasteiger partial charge in [0.05, 0.1) is 24.2 Å². The van der Waals surface area contributed by atoms with Gasteiger partial charge in [0.1, 0.15) is 0 Å². The molecule has 2 aromatic rings. The lowest BCUT2D eigenvalue weighted by molar-refractivity contribution is -0.113. The van der Waals surface area contributed by atoms with Crippen LogP contribution in [-0.2, 0) is 16.1 Å². The van der Waals surface area contributed by atoms with Gasteiger partial charge in [0, 0.05) is 11.8 Å². The van der Waals surface area contributed by atoms with Crippen LogP contribution in [0.5, 0.6) is 0 Å². The number of benzene rings is 1. The number of nitrogens with zero attached hydrogens (tertiary/aromatic N) is 1. The molecule has 0 saturated carbocycles. The Morgan fingerprint density at radius 2 is 2.17 bits per heavy atom. The van der Waals surface area contributed by atoms with Crippen LogP contribution in [0.25, 0.3) is 0 Å². The van der Waals surface area contributed by atoms with Crippen LogP contribution >= 0.6 is 11.8 Å². The smallest absolute Gasteiger partial charge is 0.251 e. The van der Waals surface area contributed by atoms with Gasteiger partial charge in [-0.2, -0.15) is 0 Å². The Kier molecular flexibility index (Phi) is 6.57. The summed E-state index contributed by atoms with van der Waals surface area (Å²) in [6, 6.07) is 8.98. The van der Waals surface area contributed by atoms with Crippen molar-refractivity contribution in [3.63, 3.8) is 0 Å². The Morgan fingerprint density at radius 1 is 1.38 bits per heavy atom. The molecule has 0 aliphatic heterocycles. The van der Waals surface area contributed by atoms with Crippen LogP contribution in [-0.4, -0.2) is 27.7 Å². The van der Waals surface area contributed by atoms with Crippen LogP contribution in [0.1, 0.15) is 25.1 Å². The Labute approximate surface area is 145 Å². The number of amides is 1. The number of aromatic nitrogens is 2. The topological polar surface area (TPSA) is 84.1 Å². The number of aromatic amines is 1. The fourth-order valence-electron chi connectivity index (χ4n) is 1.93. The van der Waals surface area contributed by atoms with Gasteiger partial charge in [-0.1, -0.05) is 23.9 Å². The van der Waals surface area contributed by atoms with E-state index >= 15 is 0 Å². The van der Waals surface area contributed by atoms with Gasteiger partial charge in [0.15, 0.2) is 5.16 Å². The molecular weight excluding hydrogens is 326 g/mol. The SMILES string of the molecule is Cc1cccc(NC(=O)CSc2nc(COC(C)C)cc(=O)[nH]2)c1. The third-order valence-electron chi connectivity index (χ3n) is 2.98. The number of H-pyrrole nitrogens is 1. The second-order valence-corrected chi connectivity index (χ2v) is 6.57. The zero-order chi connectivity index (χ0) is 17.5. The fraction of sp³-hybridized carbons (Fsp3) is 0.353. The van der Waals surface area contributed by atoms with Crippen LogP contribution < -0.4 is 10.9 Å². The standard InChI is InChI=1S/C17H21N3O3S/c1-11(2)23-9-14-8-15(21)20-17(19-14)24-10-16(22)18-13-6-4-5-12(3)7-13/h4-8,11H,9-10H2,1-3H3,(H,18,22)(H,19,20,21). The van der Waals surface area contributed by atoms with Crippen molar-refractivity contribution in [2.24, 2.45) is 0 Å². The van der Waals surface area contributed by atoms with Crippen LogP contribution in [0.4, 0.5) is 5.69 Å². The Hall–Kier alpha value is -2.12. The van der Waals surface area contributed by atoms with Crippen LogP contribution in [0.15, 0.2) is 40.3 Å². The molecule has 0 atom stereocenters. The highest BCUT2D eigenvalue weighted by molar-refractivity contribution is 7.99. The molecule has 0 saturated heterocycles. The first kappa shape index (κ1) is 18.2. The maximum Gasteiger partial charge on any atom is 0.251 e. The fourth-order valence-corrected chi connectivity index (χ4v) is 2.63. The lowest BCUT2D eigenvalue weighted by Crippen LogP contribution is -2.16. The van der Waals surface area contributed by atoms with Gasteiger partial charge in [0.25, 0.3) is 5.56 Å². The number of anilines is 1. The summed E-state index contributed by atoms with van der Waals surface area (Å²) in [5, 5.41) is 3.22. The minimum Gasteiger partial charge on any atom is -0.373 e. The predicted molar refractivity (Wildman–Crippen MR) is 95.3 cm³/mol. The van der Waals surface area contributed by atoms with Gasteiger partial charge >= 0.3 is 0 Å². The lowest BCUT2D eigenvalue weighted by atomic mass is 10.2. The number of carbonyl (C=O) groups excluding carboxylic acids is 1. The van der Waals surface area contributed by atoms with E-state index in [2.05, 4.69) is 15.3 Å². The van der Waals surface area contributed by atoms with E-state index in [1.165, 1.54) is 17.8 Å². The molecule has 0 unspecified atom stereocenters. The highest BCUT2D eigenvalue weighted by atomic mass is 32.2. The third-order valence-corrected chi connectivity index (χ3v) is 3.85. The number of hydrogen-bond donors (Lipinski definition) is 2. The summed E-state index contributed by atoms with van der Waals surface area (Å²) in [5.74, 6) is 0.00263. The molecule has 0 aliphatic rings. The zero-order valence-electron chi connectivity index (χ0n) is 14.0. The average molecular weight is 347 g/mol. The third kappa shape index (κ3) is 6.17. The second kappa shape index (κ2) is 8.65. The van der Waals surface area contributed by atoms with Gasteiger partial charge in [0.2, 0.25) is 5.91 Å². The van der Waals surface area contributed by atoms with Gasteiger partial charge in [-0.25, -0.2) is 4.98 Å². The first-order valence-electron chi connectivity index (χ1n) is 7.63. The molecule has 24 heavy (non-hydrogen) atoms. The summed E-state index contributed by atoms with van der Waals surface area (Å²) < 4.78 is 5.45. The van der Waals surface area contributed by atoms with Gasteiger partial charge in [-0.05, 0) is 38.5 Å². The highest BCUT2D eigenvalue weighted by Gasteiger charge is 2.08. The molecule has 1 heterocycles. The Morgan fingerprint density at radius 3 is 2.88 bits per heavy atom. The van der Waals surface area contributed by atoms with Crippen LogP contribution in [0.2, 0.25) is 0 Å². The molecule has 1 aromatic carbocycles. The Bertz CT molecular complexity index is 759. The van der Waals surface area contributed by atoms with Crippen LogP contribution in [0.3, 0.4) is 0 Å². The summed E-state index contributed by atoms with van der Waals surface area (Å²) in [5.41, 5.74) is 2.12. The van der Waals surface area contributed by atoms with Crippen molar-refractivity contribution in [2.45, 2.75) is 38.6 Å². The van der Waals surface area contributed by atoms with E-state index in [1.54, 1.807) is 0 Å². The van der Waals surface area contributed by atoms with Crippen molar-refractivity contribution in [3.8, 4) is 0 Å². The van der Waals surface area contributed by atoms with Crippen LogP contribution in [0, 0.1) is 6.92 Å². The van der Waals surface area contributed by atoms with E-state index in [4.69, 9.17) is 4.74 Å². The molecule has 0 spiro atoms. The molecule has 7 heteroatoms. The molecule has 0 aliphatic carbocycles. The lowest BCUT2D eigenvalue weighted by Gasteiger charge is -2.08. The second-order valence-electron chi connectivity index (χ2n) is 5.61. The quantitative estimate of drug-likeness (QED) is 0.594. The van der Waals surface area contributed by atoms with E-state index in [0.717, 1.165) is 11.3 Å². The van der Waals surface area contributed by atoms with E-state index in [-0.39, 0.29) is 29.9 Å². The van der Waals surface area contributed by atoms with Gasteiger partial charge in [-0.15, -0.1) is 0 Å². The molecule has 2 N–H and O–H groups in total. The first-order valence-corrected chi connectivity index (χ1v) is 8.62. The highest BCUT2D eigenvalue weighted by Crippen LogP contribution is 2.14. The van der Waals surface area contributed by atoms with Crippen molar-refractivity contribution in [1.82, 2.24) is 9.97 Å². The number of thioether (sulfide) groups is 1. The van der Waals surface area contributed by atoms with Crippen molar-refractivity contribution in [1.29, 1.82) is 0 Å². The average Bonchev–Trinajstić information content (AvgIpc) is 2.50. The van der Waals surface area contributed by atoms with Crippen molar-refractivity contribution in [2.75, 3.05) is 11.1 Å². The number of rotatable bonds is 7. The maximum absolute atomic E-state index is 12.0. The van der Waals surface area contributed by atoms with Crippen molar-refractivity contribution < 1.29 is 9.53 Å². The Balaban J connectivity index is 1.93. The van der Waals surface area contributed by atoms with Gasteiger partial charge < -0.3 is 15.0 Å². The number of nitrogens with one attached hydrogen (secondary N) is 2. The normalized spacial score (nSPS) is 10.8. The number of ether oxygens (including phenoxy) is 1. The summed E-state index contributed by atoms with van der Waals surface area (Å²) in [6.07, 6.45) is 0.0577. The monoisotopic (exact) mass is 347 g/mol. The number of carbonyl (C=O) groups is 1. The molecule has 128 valence electrons. The minimum atomic E-state index is -0.256. The number of hydrogen-bond acceptors (Lipinski definition) is 5. The molecule has 1 amide bonds. The van der Waals surface area contributed by atoms with Crippen molar-refractivity contribution >= 4 is 23.4 Å². The van der Waals surface area contributed by atoms with E-state index < -0.39 is 0 Å². The molecule has 0 radical (unpaired) electrons. The molecule has 1 aromatic heterocycles. The van der Waals surface area contributed by atoms with Gasteiger partial charge in [-0.3, -0.25) is 9.59 Å². The van der Waals surface area contributed by atoms with E-state index in [0.29, 0.717) is 10.9 Å². The number of aryl methyl sites for hydroxylation is 1. The summed E-state index contributed by atoms with van der Waals surface area (Å²) in [4.78, 5) is 30.6. The van der Waals surface area contributed by atoms with E-state index in [9.17, 15) is 9.59 Å². The summed E-state index contributed by atoms with van der Waals surface area (Å²) in [6.45, 7) is 6.06. The van der Waals surface area contributed by atoms with Crippen molar-refractivity contribution in [3.05, 3.63) is 51.9 Å². The molecular formula is C17H21N3O3S.